The Morgan fingerprint density at radius 3 is 2.50 bits per heavy atom. The van der Waals surface area contributed by atoms with Gasteiger partial charge in [-0.15, -0.1) is 12.4 Å². The van der Waals surface area contributed by atoms with Gasteiger partial charge < -0.3 is 10.6 Å². The van der Waals surface area contributed by atoms with Crippen molar-refractivity contribution in [3.8, 4) is 0 Å². The zero-order valence-electron chi connectivity index (χ0n) is 13.6. The smallest absolute Gasteiger partial charge is 0.224 e. The van der Waals surface area contributed by atoms with E-state index in [9.17, 15) is 4.79 Å². The van der Waals surface area contributed by atoms with Gasteiger partial charge in [0.15, 0.2) is 0 Å². The number of carbonyl (C=O) groups is 1. The van der Waals surface area contributed by atoms with Crippen LogP contribution in [0.3, 0.4) is 0 Å². The maximum atomic E-state index is 12.3. The minimum Gasteiger partial charge on any atom is -0.326 e. The SMILES string of the molecule is CCNCc1ccccc1NC(=O)CC1CCCCCC1.Cl. The van der Waals surface area contributed by atoms with Crippen LogP contribution in [0.1, 0.15) is 57.4 Å². The first-order valence-corrected chi connectivity index (χ1v) is 8.38. The summed E-state index contributed by atoms with van der Waals surface area (Å²) in [5, 5.41) is 6.42. The summed E-state index contributed by atoms with van der Waals surface area (Å²) in [7, 11) is 0. The third kappa shape index (κ3) is 6.37. The monoisotopic (exact) mass is 324 g/mol. The fraction of sp³-hybridized carbons (Fsp3) is 0.611. The van der Waals surface area contributed by atoms with Gasteiger partial charge in [0, 0.05) is 18.7 Å². The van der Waals surface area contributed by atoms with Crippen LogP contribution in [0.25, 0.3) is 0 Å². The van der Waals surface area contributed by atoms with Gasteiger partial charge in [-0.1, -0.05) is 50.8 Å². The number of halogens is 1. The van der Waals surface area contributed by atoms with Crippen molar-refractivity contribution in [2.75, 3.05) is 11.9 Å². The Bertz CT molecular complexity index is 442. The minimum absolute atomic E-state index is 0. The van der Waals surface area contributed by atoms with E-state index in [1.165, 1.54) is 38.5 Å². The standard InChI is InChI=1S/C18H28N2O.ClH/c1-2-19-14-16-11-7-8-12-17(16)20-18(21)13-15-9-5-3-4-6-10-15;/h7-8,11-12,15,19H,2-6,9-10,13-14H2,1H3,(H,20,21);1H. The van der Waals surface area contributed by atoms with Crippen molar-refractivity contribution in [1.29, 1.82) is 0 Å². The first-order valence-electron chi connectivity index (χ1n) is 8.38. The maximum Gasteiger partial charge on any atom is 0.224 e. The topological polar surface area (TPSA) is 41.1 Å². The Morgan fingerprint density at radius 1 is 1.14 bits per heavy atom. The average Bonchev–Trinajstić information content (AvgIpc) is 2.75. The third-order valence-electron chi connectivity index (χ3n) is 4.31. The molecular weight excluding hydrogens is 296 g/mol. The summed E-state index contributed by atoms with van der Waals surface area (Å²) >= 11 is 0. The fourth-order valence-corrected chi connectivity index (χ4v) is 3.09. The van der Waals surface area contributed by atoms with Crippen LogP contribution in [-0.2, 0) is 11.3 Å². The molecule has 0 spiro atoms. The molecule has 124 valence electrons. The summed E-state index contributed by atoms with van der Waals surface area (Å²) in [4.78, 5) is 12.3. The van der Waals surface area contributed by atoms with Gasteiger partial charge in [0.05, 0.1) is 0 Å². The van der Waals surface area contributed by atoms with E-state index in [1.54, 1.807) is 0 Å². The molecule has 0 aromatic heterocycles. The predicted molar refractivity (Wildman–Crippen MR) is 95.5 cm³/mol. The Labute approximate surface area is 140 Å². The van der Waals surface area contributed by atoms with Crippen molar-refractivity contribution in [2.45, 2.75) is 58.4 Å². The molecule has 1 aromatic carbocycles. The van der Waals surface area contributed by atoms with Crippen LogP contribution in [0.5, 0.6) is 0 Å². The molecule has 0 aliphatic heterocycles. The fourth-order valence-electron chi connectivity index (χ4n) is 3.09. The number of hydrogen-bond acceptors (Lipinski definition) is 2. The van der Waals surface area contributed by atoms with Gasteiger partial charge in [0.2, 0.25) is 5.91 Å². The van der Waals surface area contributed by atoms with E-state index >= 15 is 0 Å². The van der Waals surface area contributed by atoms with Crippen LogP contribution < -0.4 is 10.6 Å². The molecule has 1 aliphatic rings. The molecule has 0 radical (unpaired) electrons. The van der Waals surface area contributed by atoms with Crippen molar-refractivity contribution in [3.05, 3.63) is 29.8 Å². The summed E-state index contributed by atoms with van der Waals surface area (Å²) in [6.45, 7) is 3.83. The van der Waals surface area contributed by atoms with Gasteiger partial charge in [0.25, 0.3) is 0 Å². The molecule has 0 saturated heterocycles. The Morgan fingerprint density at radius 2 is 1.82 bits per heavy atom. The molecule has 2 rings (SSSR count). The molecule has 1 saturated carbocycles. The second kappa shape index (κ2) is 10.6. The highest BCUT2D eigenvalue weighted by atomic mass is 35.5. The van der Waals surface area contributed by atoms with E-state index in [2.05, 4.69) is 23.6 Å². The number of carbonyl (C=O) groups excluding carboxylic acids is 1. The highest BCUT2D eigenvalue weighted by Gasteiger charge is 2.16. The molecule has 4 heteroatoms. The lowest BCUT2D eigenvalue weighted by Gasteiger charge is -2.15. The maximum absolute atomic E-state index is 12.3. The van der Waals surface area contributed by atoms with E-state index in [1.807, 2.05) is 18.2 Å². The van der Waals surface area contributed by atoms with E-state index in [0.29, 0.717) is 12.3 Å². The van der Waals surface area contributed by atoms with Gasteiger partial charge in [-0.05, 0) is 36.9 Å². The molecule has 3 nitrogen and oxygen atoms in total. The summed E-state index contributed by atoms with van der Waals surface area (Å²) < 4.78 is 0. The molecule has 1 aliphatic carbocycles. The van der Waals surface area contributed by atoms with Crippen LogP contribution >= 0.6 is 12.4 Å². The Kier molecular flexibility index (Phi) is 9.17. The summed E-state index contributed by atoms with van der Waals surface area (Å²) in [5.41, 5.74) is 2.12. The van der Waals surface area contributed by atoms with Gasteiger partial charge in [-0.3, -0.25) is 4.79 Å². The van der Waals surface area contributed by atoms with Crippen LogP contribution in [0.4, 0.5) is 5.69 Å². The number of nitrogens with one attached hydrogen (secondary N) is 2. The van der Waals surface area contributed by atoms with E-state index in [0.717, 1.165) is 24.3 Å². The summed E-state index contributed by atoms with van der Waals surface area (Å²) in [5.74, 6) is 0.749. The molecule has 0 unspecified atom stereocenters. The lowest BCUT2D eigenvalue weighted by Crippen LogP contribution is -2.19. The van der Waals surface area contributed by atoms with E-state index in [4.69, 9.17) is 0 Å². The second-order valence-corrected chi connectivity index (χ2v) is 6.05. The molecule has 22 heavy (non-hydrogen) atoms. The van der Waals surface area contributed by atoms with Crippen molar-refractivity contribution in [1.82, 2.24) is 5.32 Å². The Hall–Kier alpha value is -1.06. The number of benzene rings is 1. The predicted octanol–water partition coefficient (Wildman–Crippen LogP) is 4.52. The quantitative estimate of drug-likeness (QED) is 0.755. The van der Waals surface area contributed by atoms with Gasteiger partial charge in [-0.25, -0.2) is 0 Å². The molecule has 1 fully saturated rings. The van der Waals surface area contributed by atoms with Gasteiger partial charge in [-0.2, -0.15) is 0 Å². The van der Waals surface area contributed by atoms with Crippen LogP contribution in [0.15, 0.2) is 24.3 Å². The lowest BCUT2D eigenvalue weighted by atomic mass is 9.96. The first kappa shape index (κ1) is 19.0. The number of rotatable bonds is 6. The summed E-state index contributed by atoms with van der Waals surface area (Å²) in [6.07, 6.45) is 8.35. The van der Waals surface area contributed by atoms with E-state index in [-0.39, 0.29) is 18.3 Å². The van der Waals surface area contributed by atoms with Crippen LogP contribution in [-0.4, -0.2) is 12.5 Å². The number of para-hydroxylation sites is 1. The van der Waals surface area contributed by atoms with Crippen LogP contribution in [0, 0.1) is 5.92 Å². The van der Waals surface area contributed by atoms with E-state index < -0.39 is 0 Å². The number of anilines is 1. The third-order valence-corrected chi connectivity index (χ3v) is 4.31. The average molecular weight is 325 g/mol. The number of hydrogen-bond donors (Lipinski definition) is 2. The zero-order chi connectivity index (χ0) is 14.9. The van der Waals surface area contributed by atoms with Crippen molar-refractivity contribution in [2.24, 2.45) is 5.92 Å². The normalized spacial score (nSPS) is 15.7. The van der Waals surface area contributed by atoms with Crippen LogP contribution in [0.2, 0.25) is 0 Å². The Balaban J connectivity index is 0.00000242. The minimum atomic E-state index is 0. The second-order valence-electron chi connectivity index (χ2n) is 6.05. The highest BCUT2D eigenvalue weighted by Crippen LogP contribution is 2.26. The summed E-state index contributed by atoms with van der Waals surface area (Å²) in [6, 6.07) is 8.08. The molecule has 2 N–H and O–H groups in total. The van der Waals surface area contributed by atoms with Gasteiger partial charge >= 0.3 is 0 Å². The molecule has 1 aromatic rings. The zero-order valence-corrected chi connectivity index (χ0v) is 14.4. The first-order chi connectivity index (χ1) is 10.3. The molecule has 0 atom stereocenters. The lowest BCUT2D eigenvalue weighted by molar-refractivity contribution is -0.117. The van der Waals surface area contributed by atoms with Crippen molar-refractivity contribution >= 4 is 24.0 Å². The van der Waals surface area contributed by atoms with Crippen molar-refractivity contribution < 1.29 is 4.79 Å². The van der Waals surface area contributed by atoms with Gasteiger partial charge in [0.1, 0.15) is 0 Å². The molecule has 0 bridgehead atoms. The molecule has 1 amide bonds. The molecular formula is C18H29ClN2O. The van der Waals surface area contributed by atoms with Crippen molar-refractivity contribution in [3.63, 3.8) is 0 Å². The molecule has 0 heterocycles. The highest BCUT2D eigenvalue weighted by molar-refractivity contribution is 5.91. The number of amides is 1. The largest absolute Gasteiger partial charge is 0.326 e.